The summed E-state index contributed by atoms with van der Waals surface area (Å²) in [4.78, 5) is 0. The van der Waals surface area contributed by atoms with Gasteiger partial charge >= 0.3 is 10.4 Å². The van der Waals surface area contributed by atoms with Crippen LogP contribution in [0.1, 0.15) is 0 Å². The summed E-state index contributed by atoms with van der Waals surface area (Å²) < 4.78 is 33.3. The highest BCUT2D eigenvalue weighted by Crippen LogP contribution is 2.31. The second-order valence-electron chi connectivity index (χ2n) is 1.57. The van der Waals surface area contributed by atoms with Crippen molar-refractivity contribution in [3.63, 3.8) is 0 Å². The van der Waals surface area contributed by atoms with Crippen LogP contribution in [-0.2, 0) is 10.4 Å². The fourth-order valence-electron chi connectivity index (χ4n) is 0.435. The first-order valence-corrected chi connectivity index (χ1v) is 5.43. The van der Waals surface area contributed by atoms with Crippen LogP contribution < -0.4 is 4.18 Å². The maximum absolute atomic E-state index is 10.2. The molecule has 0 aliphatic heterocycles. The zero-order valence-electron chi connectivity index (χ0n) is 5.02. The molecule has 0 aliphatic rings. The third-order valence-electron chi connectivity index (χ3n) is 0.765. The standard InChI is InChI=1S/C4H3BrO4S2/c5-3-1-2-10-4(3)9-11(6,7)8/h1-2H,(H,6,7,8). The van der Waals surface area contributed by atoms with E-state index in [4.69, 9.17) is 4.55 Å². The van der Waals surface area contributed by atoms with Crippen LogP contribution >= 0.6 is 27.3 Å². The van der Waals surface area contributed by atoms with Gasteiger partial charge in [0.25, 0.3) is 0 Å². The van der Waals surface area contributed by atoms with Gasteiger partial charge in [0.05, 0.1) is 4.47 Å². The SMILES string of the molecule is O=S(=O)(O)Oc1sccc1Br. The summed E-state index contributed by atoms with van der Waals surface area (Å²) in [5.74, 6) is 0. The Bertz CT molecular complexity index is 341. The van der Waals surface area contributed by atoms with Crippen LogP contribution in [0, 0.1) is 0 Å². The maximum Gasteiger partial charge on any atom is 0.447 e. The summed E-state index contributed by atoms with van der Waals surface area (Å²) in [5, 5.41) is 1.75. The van der Waals surface area contributed by atoms with E-state index in [0.717, 1.165) is 11.3 Å². The lowest BCUT2D eigenvalue weighted by atomic mass is 10.7. The Morgan fingerprint density at radius 3 is 2.64 bits per heavy atom. The van der Waals surface area contributed by atoms with Crippen molar-refractivity contribution >= 4 is 37.7 Å². The van der Waals surface area contributed by atoms with E-state index < -0.39 is 10.4 Å². The summed E-state index contributed by atoms with van der Waals surface area (Å²) in [5.41, 5.74) is 0. The van der Waals surface area contributed by atoms with Gasteiger partial charge in [0.1, 0.15) is 0 Å². The molecule has 0 bridgehead atoms. The lowest BCUT2D eigenvalue weighted by molar-refractivity contribution is 0.390. The van der Waals surface area contributed by atoms with Crippen molar-refractivity contribution in [3.05, 3.63) is 15.9 Å². The zero-order valence-corrected chi connectivity index (χ0v) is 8.24. The predicted molar refractivity (Wildman–Crippen MR) is 44.2 cm³/mol. The molecular weight excluding hydrogens is 256 g/mol. The summed E-state index contributed by atoms with van der Waals surface area (Å²) in [7, 11) is -4.39. The summed E-state index contributed by atoms with van der Waals surface area (Å²) in [6.07, 6.45) is 0. The number of hydrogen-bond donors (Lipinski definition) is 1. The van der Waals surface area contributed by atoms with Crippen LogP contribution in [0.2, 0.25) is 0 Å². The van der Waals surface area contributed by atoms with Gasteiger partial charge in [0.2, 0.25) is 5.06 Å². The number of hydrogen-bond acceptors (Lipinski definition) is 4. The van der Waals surface area contributed by atoms with Crippen molar-refractivity contribution in [2.45, 2.75) is 0 Å². The molecular formula is C4H3BrO4S2. The monoisotopic (exact) mass is 258 g/mol. The van der Waals surface area contributed by atoms with E-state index in [-0.39, 0.29) is 5.06 Å². The molecule has 0 radical (unpaired) electrons. The van der Waals surface area contributed by atoms with Crippen LogP contribution in [0.3, 0.4) is 0 Å². The first-order chi connectivity index (χ1) is 4.99. The average Bonchev–Trinajstić information content (AvgIpc) is 2.12. The maximum atomic E-state index is 10.2. The van der Waals surface area contributed by atoms with Gasteiger partial charge in [-0.2, -0.15) is 8.42 Å². The van der Waals surface area contributed by atoms with Gasteiger partial charge in [0.15, 0.2) is 0 Å². The van der Waals surface area contributed by atoms with E-state index in [2.05, 4.69) is 20.1 Å². The van der Waals surface area contributed by atoms with Crippen molar-refractivity contribution in [1.29, 1.82) is 0 Å². The van der Waals surface area contributed by atoms with E-state index in [0.29, 0.717) is 4.47 Å². The molecule has 1 heterocycles. The van der Waals surface area contributed by atoms with Gasteiger partial charge in [0, 0.05) is 0 Å². The highest BCUT2D eigenvalue weighted by atomic mass is 79.9. The molecule has 62 valence electrons. The highest BCUT2D eigenvalue weighted by molar-refractivity contribution is 9.10. The number of rotatable bonds is 2. The summed E-state index contributed by atoms with van der Waals surface area (Å²) in [6, 6.07) is 1.62. The van der Waals surface area contributed by atoms with Crippen molar-refractivity contribution in [1.82, 2.24) is 0 Å². The topological polar surface area (TPSA) is 63.6 Å². The fraction of sp³-hybridized carbons (Fsp3) is 0. The second kappa shape index (κ2) is 3.10. The minimum absolute atomic E-state index is 0.118. The Morgan fingerprint density at radius 1 is 1.64 bits per heavy atom. The molecule has 0 aromatic carbocycles. The molecule has 1 aromatic heterocycles. The Hall–Kier alpha value is -0.110. The number of halogens is 1. The smallest absolute Gasteiger partial charge is 0.349 e. The van der Waals surface area contributed by atoms with Crippen molar-refractivity contribution in [2.75, 3.05) is 0 Å². The van der Waals surface area contributed by atoms with Gasteiger partial charge in [-0.3, -0.25) is 4.55 Å². The molecule has 0 saturated heterocycles. The van der Waals surface area contributed by atoms with Crippen LogP contribution in [0.5, 0.6) is 5.06 Å². The van der Waals surface area contributed by atoms with Gasteiger partial charge in [-0.25, -0.2) is 0 Å². The molecule has 0 saturated carbocycles. The largest absolute Gasteiger partial charge is 0.447 e. The van der Waals surface area contributed by atoms with E-state index in [1.54, 1.807) is 11.4 Å². The minimum Gasteiger partial charge on any atom is -0.349 e. The molecule has 0 spiro atoms. The molecule has 1 aromatic rings. The number of thiophene rings is 1. The first kappa shape index (κ1) is 8.98. The van der Waals surface area contributed by atoms with Crippen LogP contribution in [0.25, 0.3) is 0 Å². The molecule has 0 atom stereocenters. The van der Waals surface area contributed by atoms with Crippen molar-refractivity contribution < 1.29 is 17.2 Å². The molecule has 0 amide bonds. The molecule has 1 rings (SSSR count). The lowest BCUT2D eigenvalue weighted by Gasteiger charge is -1.96. The van der Waals surface area contributed by atoms with Crippen molar-refractivity contribution in [3.8, 4) is 5.06 Å². The first-order valence-electron chi connectivity index (χ1n) is 2.39. The molecule has 4 nitrogen and oxygen atoms in total. The van der Waals surface area contributed by atoms with E-state index in [1.165, 1.54) is 0 Å². The molecule has 11 heavy (non-hydrogen) atoms. The third-order valence-corrected chi connectivity index (χ3v) is 2.92. The van der Waals surface area contributed by atoms with Crippen LogP contribution in [0.4, 0.5) is 0 Å². The van der Waals surface area contributed by atoms with E-state index in [1.807, 2.05) is 0 Å². The Morgan fingerprint density at radius 2 is 2.27 bits per heavy atom. The molecule has 0 fully saturated rings. The van der Waals surface area contributed by atoms with Gasteiger partial charge < -0.3 is 4.18 Å². The molecule has 1 N–H and O–H groups in total. The predicted octanol–water partition coefficient (Wildman–Crippen LogP) is 1.69. The Kier molecular flexibility index (Phi) is 2.53. The average molecular weight is 259 g/mol. The Labute approximate surface area is 75.9 Å². The van der Waals surface area contributed by atoms with Crippen LogP contribution in [-0.4, -0.2) is 13.0 Å². The lowest BCUT2D eigenvalue weighted by Crippen LogP contribution is -2.05. The quantitative estimate of drug-likeness (QED) is 0.821. The van der Waals surface area contributed by atoms with Gasteiger partial charge in [-0.05, 0) is 27.4 Å². The molecule has 7 heteroatoms. The summed E-state index contributed by atoms with van der Waals surface area (Å²) in [6.45, 7) is 0. The minimum atomic E-state index is -4.39. The fourth-order valence-corrected chi connectivity index (χ4v) is 2.42. The second-order valence-corrected chi connectivity index (χ2v) is 4.32. The normalized spacial score (nSPS) is 11.5. The summed E-state index contributed by atoms with van der Waals surface area (Å²) >= 11 is 4.10. The highest BCUT2D eigenvalue weighted by Gasteiger charge is 2.10. The van der Waals surface area contributed by atoms with Crippen molar-refractivity contribution in [2.24, 2.45) is 0 Å². The van der Waals surface area contributed by atoms with E-state index >= 15 is 0 Å². The molecule has 0 unspecified atom stereocenters. The van der Waals surface area contributed by atoms with Gasteiger partial charge in [-0.15, -0.1) is 11.3 Å². The van der Waals surface area contributed by atoms with Gasteiger partial charge in [-0.1, -0.05) is 0 Å². The Balaban J connectivity index is 2.89. The van der Waals surface area contributed by atoms with Crippen LogP contribution in [0.15, 0.2) is 15.9 Å². The third kappa shape index (κ3) is 2.78. The van der Waals surface area contributed by atoms with E-state index in [9.17, 15) is 8.42 Å². The molecule has 0 aliphatic carbocycles. The zero-order chi connectivity index (χ0) is 8.48.